The van der Waals surface area contributed by atoms with Crippen molar-refractivity contribution in [3.8, 4) is 11.5 Å². The van der Waals surface area contributed by atoms with E-state index in [1.807, 2.05) is 12.1 Å². The van der Waals surface area contributed by atoms with Crippen molar-refractivity contribution in [3.63, 3.8) is 0 Å². The minimum absolute atomic E-state index is 0.00648. The van der Waals surface area contributed by atoms with Crippen molar-refractivity contribution in [2.45, 2.75) is 64.8 Å². The molecule has 0 spiro atoms. The Balaban J connectivity index is 1.65. The summed E-state index contributed by atoms with van der Waals surface area (Å²) in [5.41, 5.74) is 0.748. The second kappa shape index (κ2) is 7.43. The van der Waals surface area contributed by atoms with Gasteiger partial charge in [-0.2, -0.15) is 0 Å². The molecule has 0 unspecified atom stereocenters. The van der Waals surface area contributed by atoms with E-state index >= 15 is 0 Å². The maximum atomic E-state index is 12.4. The molecule has 0 atom stereocenters. The first kappa shape index (κ1) is 20.1. The quantitative estimate of drug-likeness (QED) is 0.813. The Bertz CT molecular complexity index is 843. The van der Waals surface area contributed by atoms with Crippen LogP contribution in [-0.2, 0) is 4.74 Å². The van der Waals surface area contributed by atoms with Gasteiger partial charge in [0.1, 0.15) is 17.6 Å². The standard InChI is InChI=1S/C22H28N2O4/c1-14-10-11-23-18(19(14)25)20(26)24-15-6-8-16(9-7-15)27-17-12-21(2,3)28-22(4,5)13-17/h6-11,17,25H,12-13H2,1-5H3,(H,24,26). The van der Waals surface area contributed by atoms with Gasteiger partial charge in [-0.1, -0.05) is 0 Å². The largest absolute Gasteiger partial charge is 0.505 e. The van der Waals surface area contributed by atoms with Crippen LogP contribution in [0.2, 0.25) is 0 Å². The average molecular weight is 384 g/mol. The Morgan fingerprint density at radius 1 is 1.14 bits per heavy atom. The van der Waals surface area contributed by atoms with Gasteiger partial charge in [0.2, 0.25) is 0 Å². The third kappa shape index (κ3) is 4.81. The monoisotopic (exact) mass is 384 g/mol. The van der Waals surface area contributed by atoms with Gasteiger partial charge in [-0.05, 0) is 70.5 Å². The number of nitrogens with zero attached hydrogens (tertiary/aromatic N) is 1. The highest BCUT2D eigenvalue weighted by molar-refractivity contribution is 6.04. The molecule has 6 nitrogen and oxygen atoms in total. The van der Waals surface area contributed by atoms with Crippen LogP contribution < -0.4 is 10.1 Å². The Morgan fingerprint density at radius 2 is 1.75 bits per heavy atom. The fourth-order valence-corrected chi connectivity index (χ4v) is 3.80. The summed E-state index contributed by atoms with van der Waals surface area (Å²) in [6.07, 6.45) is 3.19. The highest BCUT2D eigenvalue weighted by atomic mass is 16.5. The van der Waals surface area contributed by atoms with E-state index in [4.69, 9.17) is 9.47 Å². The molecule has 1 aromatic heterocycles. The Morgan fingerprint density at radius 3 is 2.36 bits per heavy atom. The zero-order valence-electron chi connectivity index (χ0n) is 17.1. The predicted molar refractivity (Wildman–Crippen MR) is 108 cm³/mol. The van der Waals surface area contributed by atoms with Crippen molar-refractivity contribution in [2.24, 2.45) is 0 Å². The molecule has 1 aromatic carbocycles. The molecule has 6 heteroatoms. The average Bonchev–Trinajstić information content (AvgIpc) is 2.56. The topological polar surface area (TPSA) is 80.7 Å². The van der Waals surface area contributed by atoms with E-state index in [1.54, 1.807) is 25.1 Å². The van der Waals surface area contributed by atoms with Gasteiger partial charge in [-0.15, -0.1) is 0 Å². The summed E-state index contributed by atoms with van der Waals surface area (Å²) in [6, 6.07) is 8.85. The molecule has 2 aromatic rings. The lowest BCUT2D eigenvalue weighted by Crippen LogP contribution is -2.49. The van der Waals surface area contributed by atoms with Crippen molar-refractivity contribution >= 4 is 11.6 Å². The molecule has 28 heavy (non-hydrogen) atoms. The number of aromatic hydroxyl groups is 1. The summed E-state index contributed by atoms with van der Waals surface area (Å²) in [5, 5.41) is 12.7. The lowest BCUT2D eigenvalue weighted by molar-refractivity contribution is -0.182. The lowest BCUT2D eigenvalue weighted by Gasteiger charge is -2.45. The molecular formula is C22H28N2O4. The smallest absolute Gasteiger partial charge is 0.278 e. The van der Waals surface area contributed by atoms with Crippen molar-refractivity contribution in [1.82, 2.24) is 4.98 Å². The zero-order chi connectivity index (χ0) is 20.5. The number of pyridine rings is 1. The second-order valence-electron chi connectivity index (χ2n) is 8.57. The first-order valence-corrected chi connectivity index (χ1v) is 9.47. The SMILES string of the molecule is Cc1ccnc(C(=O)Nc2ccc(OC3CC(C)(C)OC(C)(C)C3)cc2)c1O. The number of aryl methyl sites for hydroxylation is 1. The second-order valence-corrected chi connectivity index (χ2v) is 8.57. The highest BCUT2D eigenvalue weighted by Gasteiger charge is 2.40. The summed E-state index contributed by atoms with van der Waals surface area (Å²) >= 11 is 0. The van der Waals surface area contributed by atoms with Crippen LogP contribution in [0, 0.1) is 6.92 Å². The van der Waals surface area contributed by atoms with Crippen molar-refractivity contribution in [1.29, 1.82) is 0 Å². The Kier molecular flexibility index (Phi) is 5.35. The van der Waals surface area contributed by atoms with Gasteiger partial charge in [0.05, 0.1) is 11.2 Å². The first-order valence-electron chi connectivity index (χ1n) is 9.47. The highest BCUT2D eigenvalue weighted by Crippen LogP contribution is 2.36. The van der Waals surface area contributed by atoms with Gasteiger partial charge >= 0.3 is 0 Å². The molecule has 1 amide bonds. The molecule has 0 aliphatic carbocycles. The molecule has 1 saturated heterocycles. The van der Waals surface area contributed by atoms with Crippen LogP contribution in [0.5, 0.6) is 11.5 Å². The van der Waals surface area contributed by atoms with E-state index in [1.165, 1.54) is 6.20 Å². The van der Waals surface area contributed by atoms with Crippen molar-refractivity contribution < 1.29 is 19.4 Å². The number of aromatic nitrogens is 1. The fraction of sp³-hybridized carbons (Fsp3) is 0.455. The molecule has 2 N–H and O–H groups in total. The van der Waals surface area contributed by atoms with E-state index in [2.05, 4.69) is 38.0 Å². The molecule has 0 saturated carbocycles. The van der Waals surface area contributed by atoms with E-state index in [9.17, 15) is 9.90 Å². The van der Waals surface area contributed by atoms with Crippen LogP contribution >= 0.6 is 0 Å². The van der Waals surface area contributed by atoms with Crippen LogP contribution in [0.1, 0.15) is 56.6 Å². The lowest BCUT2D eigenvalue weighted by atomic mass is 9.87. The van der Waals surface area contributed by atoms with E-state index < -0.39 is 5.91 Å². The molecule has 150 valence electrons. The van der Waals surface area contributed by atoms with E-state index in [0.717, 1.165) is 18.6 Å². The molecule has 2 heterocycles. The number of carbonyl (C=O) groups is 1. The maximum Gasteiger partial charge on any atom is 0.278 e. The molecule has 1 fully saturated rings. The van der Waals surface area contributed by atoms with Gasteiger partial charge < -0.3 is 19.9 Å². The summed E-state index contributed by atoms with van der Waals surface area (Å²) < 4.78 is 12.3. The molecular weight excluding hydrogens is 356 g/mol. The first-order chi connectivity index (χ1) is 13.0. The number of hydrogen-bond donors (Lipinski definition) is 2. The van der Waals surface area contributed by atoms with Crippen molar-refractivity contribution in [3.05, 3.63) is 47.8 Å². The number of benzene rings is 1. The van der Waals surface area contributed by atoms with Gasteiger partial charge in [0, 0.05) is 24.7 Å². The number of ether oxygens (including phenoxy) is 2. The van der Waals surface area contributed by atoms with Gasteiger partial charge in [-0.25, -0.2) is 4.98 Å². The summed E-state index contributed by atoms with van der Waals surface area (Å²) in [7, 11) is 0. The molecule has 0 radical (unpaired) electrons. The van der Waals surface area contributed by atoms with Gasteiger partial charge in [-0.3, -0.25) is 4.79 Å². The maximum absolute atomic E-state index is 12.4. The fourth-order valence-electron chi connectivity index (χ4n) is 3.80. The number of nitrogens with one attached hydrogen (secondary N) is 1. The van der Waals surface area contributed by atoms with Crippen LogP contribution in [0.3, 0.4) is 0 Å². The van der Waals surface area contributed by atoms with Crippen LogP contribution in [0.15, 0.2) is 36.5 Å². The summed E-state index contributed by atoms with van der Waals surface area (Å²) in [4.78, 5) is 16.3. The molecule has 0 bridgehead atoms. The molecule has 3 rings (SSSR count). The van der Waals surface area contributed by atoms with Gasteiger partial charge in [0.15, 0.2) is 5.69 Å². The van der Waals surface area contributed by atoms with Gasteiger partial charge in [0.25, 0.3) is 5.91 Å². The van der Waals surface area contributed by atoms with Crippen molar-refractivity contribution in [2.75, 3.05) is 5.32 Å². The zero-order valence-corrected chi connectivity index (χ0v) is 17.1. The summed E-state index contributed by atoms with van der Waals surface area (Å²) in [5.74, 6) is 0.181. The Labute approximate surface area is 165 Å². The number of amides is 1. The van der Waals surface area contributed by atoms with E-state index in [0.29, 0.717) is 11.3 Å². The van der Waals surface area contributed by atoms with Crippen LogP contribution in [0.25, 0.3) is 0 Å². The normalized spacial score (nSPS) is 18.5. The van der Waals surface area contributed by atoms with Crippen LogP contribution in [0.4, 0.5) is 5.69 Å². The number of hydrogen-bond acceptors (Lipinski definition) is 5. The number of anilines is 1. The third-order valence-corrected chi connectivity index (χ3v) is 4.75. The Hall–Kier alpha value is -2.60. The summed E-state index contributed by atoms with van der Waals surface area (Å²) in [6.45, 7) is 10.0. The minimum atomic E-state index is -0.456. The molecule has 1 aliphatic rings. The molecule has 1 aliphatic heterocycles. The number of carbonyl (C=O) groups excluding carboxylic acids is 1. The predicted octanol–water partition coefficient (Wildman–Crippen LogP) is 4.46. The number of rotatable bonds is 4. The third-order valence-electron chi connectivity index (χ3n) is 4.75. The minimum Gasteiger partial charge on any atom is -0.505 e. The van der Waals surface area contributed by atoms with Crippen LogP contribution in [-0.4, -0.2) is 33.3 Å². The van der Waals surface area contributed by atoms with E-state index in [-0.39, 0.29) is 28.7 Å².